The van der Waals surface area contributed by atoms with E-state index in [0.29, 0.717) is 0 Å². The highest BCUT2D eigenvalue weighted by molar-refractivity contribution is 7.89. The number of hydrogen-bond acceptors (Lipinski definition) is 2. The fraction of sp³-hybridized carbons (Fsp3) is 0.333. The number of hydrogen-bond donors (Lipinski definition) is 1. The molecule has 0 bridgehead atoms. The normalized spacial score (nSPS) is 12.1. The van der Waals surface area contributed by atoms with Crippen LogP contribution in [-0.4, -0.2) is 14.5 Å². The van der Waals surface area contributed by atoms with Crippen LogP contribution < -0.4 is 4.72 Å². The second-order valence-corrected chi connectivity index (χ2v) is 5.47. The number of benzene rings is 1. The summed E-state index contributed by atoms with van der Waals surface area (Å²) in [6.07, 6.45) is 0. The summed E-state index contributed by atoms with van der Waals surface area (Å²) in [6.45, 7) is 3.31. The van der Waals surface area contributed by atoms with E-state index >= 15 is 0 Å². The Labute approximate surface area is 93.3 Å². The largest absolute Gasteiger partial charge is 0.243 e. The average Bonchev–Trinajstić information content (AvgIpc) is 2.06. The van der Waals surface area contributed by atoms with Crippen LogP contribution >= 0.6 is 11.6 Å². The van der Waals surface area contributed by atoms with E-state index in [1.165, 1.54) is 6.07 Å². The molecule has 0 aromatic heterocycles. The molecule has 15 heavy (non-hydrogen) atoms. The minimum atomic E-state index is -3.82. The lowest BCUT2D eigenvalue weighted by atomic mass is 10.3. The van der Waals surface area contributed by atoms with Gasteiger partial charge in [-0.1, -0.05) is 11.6 Å². The fourth-order valence-electron chi connectivity index (χ4n) is 1.06. The third-order valence-electron chi connectivity index (χ3n) is 1.57. The summed E-state index contributed by atoms with van der Waals surface area (Å²) in [5.74, 6) is -0.812. The maximum absolute atomic E-state index is 13.2. The first-order valence-electron chi connectivity index (χ1n) is 4.30. The van der Waals surface area contributed by atoms with Crippen molar-refractivity contribution in [3.63, 3.8) is 0 Å². The smallest absolute Gasteiger partial charge is 0.209 e. The lowest BCUT2D eigenvalue weighted by Gasteiger charge is -2.10. The van der Waals surface area contributed by atoms with Crippen molar-refractivity contribution < 1.29 is 12.8 Å². The van der Waals surface area contributed by atoms with Gasteiger partial charge in [0.2, 0.25) is 10.0 Å². The van der Waals surface area contributed by atoms with Gasteiger partial charge < -0.3 is 0 Å². The van der Waals surface area contributed by atoms with E-state index in [4.69, 9.17) is 11.6 Å². The monoisotopic (exact) mass is 251 g/mol. The van der Waals surface area contributed by atoms with Crippen LogP contribution in [-0.2, 0) is 10.0 Å². The van der Waals surface area contributed by atoms with Crippen LogP contribution in [0, 0.1) is 5.82 Å². The molecule has 0 fully saturated rings. The first-order valence-corrected chi connectivity index (χ1v) is 6.16. The Hall–Kier alpha value is -0.650. The van der Waals surface area contributed by atoms with Gasteiger partial charge in [-0.15, -0.1) is 0 Å². The van der Waals surface area contributed by atoms with Gasteiger partial charge in [-0.25, -0.2) is 17.5 Å². The van der Waals surface area contributed by atoms with Crippen LogP contribution in [0.4, 0.5) is 4.39 Å². The fourth-order valence-corrected chi connectivity index (χ4v) is 2.65. The van der Waals surface area contributed by atoms with Crippen LogP contribution in [0.15, 0.2) is 23.1 Å². The maximum atomic E-state index is 13.2. The molecule has 1 N–H and O–H groups in total. The predicted molar refractivity (Wildman–Crippen MR) is 56.9 cm³/mol. The number of rotatable bonds is 3. The van der Waals surface area contributed by atoms with Crippen molar-refractivity contribution in [1.82, 2.24) is 4.72 Å². The predicted octanol–water partition coefficient (Wildman–Crippen LogP) is 2.17. The Morgan fingerprint density at radius 3 is 2.53 bits per heavy atom. The lowest BCUT2D eigenvalue weighted by molar-refractivity contribution is 0.549. The summed E-state index contributed by atoms with van der Waals surface area (Å²) in [5.41, 5.74) is 0. The molecular weight excluding hydrogens is 241 g/mol. The molecule has 0 saturated carbocycles. The molecular formula is C9H11ClFNO2S. The molecule has 0 amide bonds. The van der Waals surface area contributed by atoms with Crippen LogP contribution in [0.3, 0.4) is 0 Å². The van der Waals surface area contributed by atoms with Gasteiger partial charge in [0.15, 0.2) is 0 Å². The minimum absolute atomic E-state index is 0.181. The SMILES string of the molecule is CC(C)NS(=O)(=O)c1cc(Cl)ccc1F. The molecule has 0 heterocycles. The van der Waals surface area contributed by atoms with Gasteiger partial charge in [-0.3, -0.25) is 0 Å². The van der Waals surface area contributed by atoms with Crippen molar-refractivity contribution in [2.45, 2.75) is 24.8 Å². The summed E-state index contributed by atoms with van der Waals surface area (Å²) >= 11 is 5.60. The van der Waals surface area contributed by atoms with Crippen LogP contribution in [0.2, 0.25) is 5.02 Å². The number of sulfonamides is 1. The van der Waals surface area contributed by atoms with E-state index in [9.17, 15) is 12.8 Å². The zero-order valence-corrected chi connectivity index (χ0v) is 9.86. The molecule has 3 nitrogen and oxygen atoms in total. The Balaban J connectivity index is 3.21. The first-order chi connectivity index (χ1) is 6.83. The third kappa shape index (κ3) is 3.15. The molecule has 0 spiro atoms. The molecule has 0 aliphatic rings. The van der Waals surface area contributed by atoms with Crippen molar-refractivity contribution in [2.24, 2.45) is 0 Å². The van der Waals surface area contributed by atoms with Crippen LogP contribution in [0.5, 0.6) is 0 Å². The van der Waals surface area contributed by atoms with Crippen molar-refractivity contribution in [1.29, 1.82) is 0 Å². The van der Waals surface area contributed by atoms with E-state index in [0.717, 1.165) is 12.1 Å². The Kier molecular flexibility index (Phi) is 3.70. The second-order valence-electron chi connectivity index (χ2n) is 3.35. The number of halogens is 2. The van der Waals surface area contributed by atoms with E-state index in [1.807, 2.05) is 0 Å². The van der Waals surface area contributed by atoms with Crippen LogP contribution in [0.1, 0.15) is 13.8 Å². The Bertz CT molecular complexity index is 459. The van der Waals surface area contributed by atoms with Crippen molar-refractivity contribution in [3.05, 3.63) is 29.0 Å². The highest BCUT2D eigenvalue weighted by Crippen LogP contribution is 2.19. The second kappa shape index (κ2) is 4.47. The third-order valence-corrected chi connectivity index (χ3v) is 3.48. The van der Waals surface area contributed by atoms with Gasteiger partial charge in [0.05, 0.1) is 0 Å². The topological polar surface area (TPSA) is 46.2 Å². The molecule has 1 aromatic carbocycles. The van der Waals surface area contributed by atoms with Crippen molar-refractivity contribution in [2.75, 3.05) is 0 Å². The van der Waals surface area contributed by atoms with Crippen molar-refractivity contribution >= 4 is 21.6 Å². The molecule has 84 valence electrons. The molecule has 0 saturated heterocycles. The van der Waals surface area contributed by atoms with E-state index in [1.54, 1.807) is 13.8 Å². The molecule has 6 heteroatoms. The maximum Gasteiger partial charge on any atom is 0.243 e. The van der Waals surface area contributed by atoms with Crippen molar-refractivity contribution in [3.8, 4) is 0 Å². The Morgan fingerprint density at radius 2 is 2.00 bits per heavy atom. The average molecular weight is 252 g/mol. The summed E-state index contributed by atoms with van der Waals surface area (Å²) in [6, 6.07) is 3.11. The van der Waals surface area contributed by atoms with Gasteiger partial charge in [0.1, 0.15) is 10.7 Å². The quantitative estimate of drug-likeness (QED) is 0.895. The molecule has 1 aromatic rings. The van der Waals surface area contributed by atoms with E-state index in [-0.39, 0.29) is 11.1 Å². The minimum Gasteiger partial charge on any atom is -0.209 e. The summed E-state index contributed by atoms with van der Waals surface area (Å²) in [7, 11) is -3.82. The molecule has 0 aliphatic carbocycles. The van der Waals surface area contributed by atoms with Crippen LogP contribution in [0.25, 0.3) is 0 Å². The van der Waals surface area contributed by atoms with Gasteiger partial charge in [-0.2, -0.15) is 0 Å². The van der Waals surface area contributed by atoms with Gasteiger partial charge in [-0.05, 0) is 32.0 Å². The Morgan fingerprint density at radius 1 is 1.40 bits per heavy atom. The van der Waals surface area contributed by atoms with Gasteiger partial charge in [0, 0.05) is 11.1 Å². The highest BCUT2D eigenvalue weighted by Gasteiger charge is 2.20. The molecule has 1 rings (SSSR count). The molecule has 0 unspecified atom stereocenters. The standard InChI is InChI=1S/C9H11ClFNO2S/c1-6(2)12-15(13,14)9-5-7(10)3-4-8(9)11/h3-6,12H,1-2H3. The summed E-state index contributed by atoms with van der Waals surface area (Å²) in [4.78, 5) is -0.427. The highest BCUT2D eigenvalue weighted by atomic mass is 35.5. The van der Waals surface area contributed by atoms with Gasteiger partial charge >= 0.3 is 0 Å². The first kappa shape index (κ1) is 12.4. The van der Waals surface area contributed by atoms with E-state index in [2.05, 4.69) is 4.72 Å². The molecule has 0 radical (unpaired) electrons. The lowest BCUT2D eigenvalue weighted by Crippen LogP contribution is -2.30. The van der Waals surface area contributed by atoms with Gasteiger partial charge in [0.25, 0.3) is 0 Å². The zero-order valence-electron chi connectivity index (χ0n) is 8.29. The summed E-state index contributed by atoms with van der Waals surface area (Å²) in [5, 5.41) is 0.181. The zero-order chi connectivity index (χ0) is 11.6. The number of nitrogens with one attached hydrogen (secondary N) is 1. The molecule has 0 atom stereocenters. The van der Waals surface area contributed by atoms with E-state index < -0.39 is 20.7 Å². The summed E-state index contributed by atoms with van der Waals surface area (Å²) < 4.78 is 38.7. The molecule has 0 aliphatic heterocycles.